The molecule has 0 atom stereocenters. The molecule has 0 saturated heterocycles. The standard InChI is InChI=1S/C16H17N3.ClH/c1-12-6-8-13(9-7-12)10-17-11-16-18-14-4-2-3-5-15(14)19-16;/h2-9,17H,10-11H2,1H3,(H,18,19);1H. The maximum Gasteiger partial charge on any atom is 0.121 e. The average molecular weight is 288 g/mol. The Morgan fingerprint density at radius 2 is 1.75 bits per heavy atom. The summed E-state index contributed by atoms with van der Waals surface area (Å²) in [7, 11) is 0. The number of para-hydroxylation sites is 2. The smallest absolute Gasteiger partial charge is 0.121 e. The van der Waals surface area contributed by atoms with Crippen LogP contribution in [0.4, 0.5) is 0 Å². The van der Waals surface area contributed by atoms with Crippen LogP contribution in [0.2, 0.25) is 0 Å². The van der Waals surface area contributed by atoms with Gasteiger partial charge in [-0.05, 0) is 24.6 Å². The number of H-pyrrole nitrogens is 1. The van der Waals surface area contributed by atoms with E-state index in [9.17, 15) is 0 Å². The van der Waals surface area contributed by atoms with Crippen LogP contribution in [0.5, 0.6) is 0 Å². The first-order valence-electron chi connectivity index (χ1n) is 6.51. The number of aryl methyl sites for hydroxylation is 1. The Bertz CT molecular complexity index is 641. The first kappa shape index (κ1) is 14.6. The Morgan fingerprint density at radius 1 is 1.00 bits per heavy atom. The van der Waals surface area contributed by atoms with Gasteiger partial charge in [0.25, 0.3) is 0 Å². The summed E-state index contributed by atoms with van der Waals surface area (Å²) in [6, 6.07) is 16.7. The Hall–Kier alpha value is -1.84. The number of imidazole rings is 1. The summed E-state index contributed by atoms with van der Waals surface area (Å²) >= 11 is 0. The summed E-state index contributed by atoms with van der Waals surface area (Å²) in [5.74, 6) is 0.980. The van der Waals surface area contributed by atoms with Gasteiger partial charge in [-0.25, -0.2) is 4.98 Å². The molecule has 0 bridgehead atoms. The van der Waals surface area contributed by atoms with E-state index in [1.165, 1.54) is 11.1 Å². The van der Waals surface area contributed by atoms with Crippen LogP contribution in [0.25, 0.3) is 11.0 Å². The number of nitrogens with zero attached hydrogens (tertiary/aromatic N) is 1. The third-order valence-corrected chi connectivity index (χ3v) is 3.18. The van der Waals surface area contributed by atoms with Gasteiger partial charge in [0, 0.05) is 6.54 Å². The van der Waals surface area contributed by atoms with E-state index < -0.39 is 0 Å². The van der Waals surface area contributed by atoms with Gasteiger partial charge in [-0.3, -0.25) is 0 Å². The van der Waals surface area contributed by atoms with Gasteiger partial charge in [-0.15, -0.1) is 12.4 Å². The highest BCUT2D eigenvalue weighted by Gasteiger charge is 2.01. The second-order valence-corrected chi connectivity index (χ2v) is 4.79. The quantitative estimate of drug-likeness (QED) is 0.770. The number of halogens is 1. The number of fused-ring (bicyclic) bond motifs is 1. The Labute approximate surface area is 124 Å². The molecule has 0 amide bonds. The van der Waals surface area contributed by atoms with Crippen molar-refractivity contribution in [1.82, 2.24) is 15.3 Å². The van der Waals surface area contributed by atoms with Gasteiger partial charge in [0.05, 0.1) is 17.6 Å². The third kappa shape index (κ3) is 3.38. The van der Waals surface area contributed by atoms with E-state index in [1.54, 1.807) is 0 Å². The molecule has 3 nitrogen and oxygen atoms in total. The fourth-order valence-electron chi connectivity index (χ4n) is 2.12. The lowest BCUT2D eigenvalue weighted by Crippen LogP contribution is -2.13. The van der Waals surface area contributed by atoms with Crippen molar-refractivity contribution >= 4 is 23.4 Å². The zero-order valence-corrected chi connectivity index (χ0v) is 12.2. The molecule has 0 unspecified atom stereocenters. The highest BCUT2D eigenvalue weighted by molar-refractivity contribution is 5.85. The molecule has 2 N–H and O–H groups in total. The molecule has 2 aromatic carbocycles. The molecule has 0 radical (unpaired) electrons. The second-order valence-electron chi connectivity index (χ2n) is 4.79. The molecule has 4 heteroatoms. The molecule has 0 aliphatic rings. The number of hydrogen-bond donors (Lipinski definition) is 2. The van der Waals surface area contributed by atoms with E-state index in [0.29, 0.717) is 0 Å². The highest BCUT2D eigenvalue weighted by Crippen LogP contribution is 2.10. The predicted molar refractivity (Wildman–Crippen MR) is 85.1 cm³/mol. The molecular weight excluding hydrogens is 270 g/mol. The molecule has 0 aliphatic carbocycles. The summed E-state index contributed by atoms with van der Waals surface area (Å²) in [5.41, 5.74) is 4.70. The lowest BCUT2D eigenvalue weighted by Gasteiger charge is -2.03. The SMILES string of the molecule is Cc1ccc(CNCc2nc3ccccc3[nH]2)cc1.Cl. The van der Waals surface area contributed by atoms with Gasteiger partial charge in [-0.1, -0.05) is 42.0 Å². The summed E-state index contributed by atoms with van der Waals surface area (Å²) in [6.07, 6.45) is 0. The van der Waals surface area contributed by atoms with Crippen LogP contribution in [-0.4, -0.2) is 9.97 Å². The maximum atomic E-state index is 4.54. The minimum atomic E-state index is 0. The molecule has 0 saturated carbocycles. The number of nitrogens with one attached hydrogen (secondary N) is 2. The Balaban J connectivity index is 0.00000147. The van der Waals surface area contributed by atoms with Crippen LogP contribution >= 0.6 is 12.4 Å². The predicted octanol–water partition coefficient (Wildman–Crippen LogP) is 3.58. The van der Waals surface area contributed by atoms with Gasteiger partial charge >= 0.3 is 0 Å². The van der Waals surface area contributed by atoms with Crippen molar-refractivity contribution in [1.29, 1.82) is 0 Å². The minimum absolute atomic E-state index is 0. The van der Waals surface area contributed by atoms with Crippen molar-refractivity contribution in [2.75, 3.05) is 0 Å². The van der Waals surface area contributed by atoms with Crippen LogP contribution in [-0.2, 0) is 13.1 Å². The van der Waals surface area contributed by atoms with E-state index in [4.69, 9.17) is 0 Å². The van der Waals surface area contributed by atoms with Crippen LogP contribution in [0.3, 0.4) is 0 Å². The molecule has 0 fully saturated rings. The number of benzene rings is 2. The maximum absolute atomic E-state index is 4.54. The lowest BCUT2D eigenvalue weighted by atomic mass is 10.1. The fraction of sp³-hybridized carbons (Fsp3) is 0.188. The number of rotatable bonds is 4. The Kier molecular flexibility index (Phi) is 4.77. The van der Waals surface area contributed by atoms with E-state index in [2.05, 4.69) is 46.5 Å². The summed E-state index contributed by atoms with van der Waals surface area (Å²) in [4.78, 5) is 7.86. The van der Waals surface area contributed by atoms with E-state index in [0.717, 1.165) is 29.9 Å². The van der Waals surface area contributed by atoms with Crippen LogP contribution < -0.4 is 5.32 Å². The third-order valence-electron chi connectivity index (χ3n) is 3.18. The second kappa shape index (κ2) is 6.55. The topological polar surface area (TPSA) is 40.7 Å². The van der Waals surface area contributed by atoms with Crippen LogP contribution in [0, 0.1) is 6.92 Å². The average Bonchev–Trinajstić information content (AvgIpc) is 2.83. The molecule has 20 heavy (non-hydrogen) atoms. The monoisotopic (exact) mass is 287 g/mol. The van der Waals surface area contributed by atoms with Gasteiger partial charge in [-0.2, -0.15) is 0 Å². The van der Waals surface area contributed by atoms with E-state index >= 15 is 0 Å². The van der Waals surface area contributed by atoms with Crippen molar-refractivity contribution in [3.63, 3.8) is 0 Å². The fourth-order valence-corrected chi connectivity index (χ4v) is 2.12. The normalized spacial score (nSPS) is 10.4. The van der Waals surface area contributed by atoms with Crippen molar-refractivity contribution in [3.05, 3.63) is 65.5 Å². The molecule has 1 heterocycles. The van der Waals surface area contributed by atoms with Gasteiger partial charge in [0.15, 0.2) is 0 Å². The molecule has 104 valence electrons. The van der Waals surface area contributed by atoms with Gasteiger partial charge in [0.2, 0.25) is 0 Å². The molecule has 1 aromatic heterocycles. The van der Waals surface area contributed by atoms with Crippen LogP contribution in [0.1, 0.15) is 17.0 Å². The summed E-state index contributed by atoms with van der Waals surface area (Å²) in [5, 5.41) is 3.40. The zero-order chi connectivity index (χ0) is 13.1. The molecule has 0 spiro atoms. The molecular formula is C16H18ClN3. The van der Waals surface area contributed by atoms with Crippen LogP contribution in [0.15, 0.2) is 48.5 Å². The number of aromatic nitrogens is 2. The van der Waals surface area contributed by atoms with Gasteiger partial charge in [0.1, 0.15) is 5.82 Å². The van der Waals surface area contributed by atoms with Crippen molar-refractivity contribution < 1.29 is 0 Å². The molecule has 0 aliphatic heterocycles. The van der Waals surface area contributed by atoms with E-state index in [1.807, 2.05) is 24.3 Å². The largest absolute Gasteiger partial charge is 0.341 e. The van der Waals surface area contributed by atoms with E-state index in [-0.39, 0.29) is 12.4 Å². The molecule has 3 aromatic rings. The first-order valence-corrected chi connectivity index (χ1v) is 6.51. The summed E-state index contributed by atoms with van der Waals surface area (Å²) < 4.78 is 0. The van der Waals surface area contributed by atoms with Crippen molar-refractivity contribution in [2.24, 2.45) is 0 Å². The highest BCUT2D eigenvalue weighted by atomic mass is 35.5. The first-order chi connectivity index (χ1) is 9.31. The Morgan fingerprint density at radius 3 is 2.50 bits per heavy atom. The number of aromatic amines is 1. The van der Waals surface area contributed by atoms with Crippen molar-refractivity contribution in [2.45, 2.75) is 20.0 Å². The summed E-state index contributed by atoms with van der Waals surface area (Å²) in [6.45, 7) is 3.71. The van der Waals surface area contributed by atoms with Crippen molar-refractivity contribution in [3.8, 4) is 0 Å². The van der Waals surface area contributed by atoms with Gasteiger partial charge < -0.3 is 10.3 Å². The zero-order valence-electron chi connectivity index (χ0n) is 11.4. The number of hydrogen-bond acceptors (Lipinski definition) is 2. The lowest BCUT2D eigenvalue weighted by molar-refractivity contribution is 0.670. The minimum Gasteiger partial charge on any atom is -0.341 e. The molecule has 3 rings (SSSR count).